The fourth-order valence-electron chi connectivity index (χ4n) is 3.36. The van der Waals surface area contributed by atoms with Crippen LogP contribution in [0.3, 0.4) is 0 Å². The maximum Gasteiger partial charge on any atom is 0.209 e. The van der Waals surface area contributed by atoms with E-state index in [0.717, 1.165) is 21.3 Å². The minimum absolute atomic E-state index is 0.107. The molecule has 1 aromatic carbocycles. The lowest BCUT2D eigenvalue weighted by Crippen LogP contribution is -2.38. The third-order valence-corrected chi connectivity index (χ3v) is 5.43. The number of nitrogens with zero attached hydrogens (tertiary/aromatic N) is 2. The molecule has 0 bridgehead atoms. The third kappa shape index (κ3) is 4.05. The predicted molar refractivity (Wildman–Crippen MR) is 113 cm³/mol. The Hall–Kier alpha value is -1.82. The van der Waals surface area contributed by atoms with E-state index in [1.807, 2.05) is 19.9 Å². The van der Waals surface area contributed by atoms with Crippen LogP contribution in [0.15, 0.2) is 32.7 Å². The standard InChI is InChI=1S/C21H27BrN2O3/c1-12(2)17-20(26-6)23-16(19(24-17)25-5)11-13-7-8-15(22)18-14(13)9-10-21(3,4)27-18/h7-10,12,16-17H,11H2,1-6H3/t16-,17+/m0/s1. The smallest absolute Gasteiger partial charge is 0.209 e. The highest BCUT2D eigenvalue weighted by atomic mass is 79.9. The molecule has 146 valence electrons. The normalized spacial score (nSPS) is 23.3. The molecular weight excluding hydrogens is 408 g/mol. The summed E-state index contributed by atoms with van der Waals surface area (Å²) >= 11 is 3.61. The zero-order valence-electron chi connectivity index (χ0n) is 16.7. The molecular formula is C21H27BrN2O3. The monoisotopic (exact) mass is 434 g/mol. The largest absolute Gasteiger partial charge is 0.483 e. The van der Waals surface area contributed by atoms with Gasteiger partial charge in [0.25, 0.3) is 0 Å². The lowest BCUT2D eigenvalue weighted by Gasteiger charge is -2.31. The molecule has 0 fully saturated rings. The van der Waals surface area contributed by atoms with Crippen molar-refractivity contribution >= 4 is 33.8 Å². The van der Waals surface area contributed by atoms with E-state index in [2.05, 4.69) is 48.0 Å². The van der Waals surface area contributed by atoms with Crippen molar-refractivity contribution in [3.05, 3.63) is 33.8 Å². The van der Waals surface area contributed by atoms with E-state index in [1.54, 1.807) is 14.2 Å². The molecule has 1 aromatic rings. The summed E-state index contributed by atoms with van der Waals surface area (Å²) in [5, 5.41) is 0. The fraction of sp³-hybridized carbons (Fsp3) is 0.524. The number of fused-ring (bicyclic) bond motifs is 1. The van der Waals surface area contributed by atoms with Gasteiger partial charge in [-0.15, -0.1) is 0 Å². The van der Waals surface area contributed by atoms with Gasteiger partial charge in [0.05, 0.1) is 18.7 Å². The van der Waals surface area contributed by atoms with Gasteiger partial charge < -0.3 is 14.2 Å². The minimum Gasteiger partial charge on any atom is -0.483 e. The van der Waals surface area contributed by atoms with Crippen LogP contribution in [0.5, 0.6) is 5.75 Å². The molecule has 6 heteroatoms. The first-order chi connectivity index (χ1) is 12.8. The Morgan fingerprint density at radius 3 is 2.48 bits per heavy atom. The van der Waals surface area contributed by atoms with Crippen molar-refractivity contribution in [3.8, 4) is 5.75 Å². The molecule has 0 aromatic heterocycles. The molecule has 0 radical (unpaired) electrons. The number of ether oxygens (including phenoxy) is 3. The van der Waals surface area contributed by atoms with Gasteiger partial charge in [-0.1, -0.05) is 26.0 Å². The fourth-order valence-corrected chi connectivity index (χ4v) is 3.79. The third-order valence-electron chi connectivity index (χ3n) is 4.81. The van der Waals surface area contributed by atoms with Crippen LogP contribution in [-0.4, -0.2) is 43.7 Å². The molecule has 0 aliphatic carbocycles. The van der Waals surface area contributed by atoms with Crippen LogP contribution in [0.4, 0.5) is 0 Å². The SMILES string of the molecule is COC1=N[C@H](C(C)C)C(OC)=N[C@H]1Cc1ccc(Br)c2c1C=CC(C)(C)O2. The van der Waals surface area contributed by atoms with Gasteiger partial charge in [0.1, 0.15) is 23.4 Å². The van der Waals surface area contributed by atoms with E-state index in [4.69, 9.17) is 24.2 Å². The van der Waals surface area contributed by atoms with Crippen LogP contribution >= 0.6 is 15.9 Å². The minimum atomic E-state index is -0.329. The summed E-state index contributed by atoms with van der Waals surface area (Å²) in [4.78, 5) is 9.57. The molecule has 0 unspecified atom stereocenters. The van der Waals surface area contributed by atoms with E-state index < -0.39 is 0 Å². The quantitative estimate of drug-likeness (QED) is 0.693. The molecule has 2 atom stereocenters. The van der Waals surface area contributed by atoms with E-state index >= 15 is 0 Å². The molecule has 2 aliphatic heterocycles. The first-order valence-corrected chi connectivity index (χ1v) is 9.98. The summed E-state index contributed by atoms with van der Waals surface area (Å²) in [7, 11) is 3.30. The Kier molecular flexibility index (Phi) is 5.65. The number of halogens is 1. The van der Waals surface area contributed by atoms with Gasteiger partial charge in [-0.25, -0.2) is 9.98 Å². The zero-order chi connectivity index (χ0) is 19.8. The van der Waals surface area contributed by atoms with Crippen LogP contribution in [0.1, 0.15) is 38.8 Å². The van der Waals surface area contributed by atoms with Crippen molar-refractivity contribution in [2.75, 3.05) is 14.2 Å². The number of hydrogen-bond donors (Lipinski definition) is 0. The molecule has 2 aliphatic rings. The number of aliphatic imine (C=N–C) groups is 2. The molecule has 5 nitrogen and oxygen atoms in total. The van der Waals surface area contributed by atoms with E-state index in [1.165, 1.54) is 0 Å². The van der Waals surface area contributed by atoms with Crippen molar-refractivity contribution in [3.63, 3.8) is 0 Å². The van der Waals surface area contributed by atoms with E-state index in [-0.39, 0.29) is 23.6 Å². The Labute approximate surface area is 169 Å². The second-order valence-corrected chi connectivity index (χ2v) is 8.59. The van der Waals surface area contributed by atoms with Crippen LogP contribution < -0.4 is 4.74 Å². The summed E-state index contributed by atoms with van der Waals surface area (Å²) in [6, 6.07) is 3.80. The number of benzene rings is 1. The maximum absolute atomic E-state index is 6.17. The van der Waals surface area contributed by atoms with E-state index in [0.29, 0.717) is 18.2 Å². The van der Waals surface area contributed by atoms with Crippen LogP contribution in [0, 0.1) is 5.92 Å². The molecule has 27 heavy (non-hydrogen) atoms. The first-order valence-electron chi connectivity index (χ1n) is 9.18. The van der Waals surface area contributed by atoms with Gasteiger partial charge in [-0.3, -0.25) is 0 Å². The molecule has 3 rings (SSSR count). The van der Waals surface area contributed by atoms with Gasteiger partial charge in [0.2, 0.25) is 11.8 Å². The molecule has 0 spiro atoms. The number of rotatable bonds is 3. The summed E-state index contributed by atoms with van der Waals surface area (Å²) in [5.74, 6) is 2.46. The Morgan fingerprint density at radius 1 is 1.15 bits per heavy atom. The predicted octanol–water partition coefficient (Wildman–Crippen LogP) is 4.67. The highest BCUT2D eigenvalue weighted by Crippen LogP contribution is 2.39. The van der Waals surface area contributed by atoms with E-state index in [9.17, 15) is 0 Å². The van der Waals surface area contributed by atoms with Crippen LogP contribution in [0.2, 0.25) is 0 Å². The van der Waals surface area contributed by atoms with Crippen molar-refractivity contribution in [2.24, 2.45) is 15.9 Å². The summed E-state index contributed by atoms with van der Waals surface area (Å²) in [5.41, 5.74) is 1.88. The molecule has 0 N–H and O–H groups in total. The molecule has 0 saturated heterocycles. The molecule has 0 amide bonds. The van der Waals surface area contributed by atoms with Crippen LogP contribution in [0.25, 0.3) is 6.08 Å². The van der Waals surface area contributed by atoms with Gasteiger partial charge in [0.15, 0.2) is 0 Å². The van der Waals surface area contributed by atoms with Crippen molar-refractivity contribution < 1.29 is 14.2 Å². The number of hydrogen-bond acceptors (Lipinski definition) is 5. The topological polar surface area (TPSA) is 52.4 Å². The molecule has 0 saturated carbocycles. The van der Waals surface area contributed by atoms with Gasteiger partial charge in [-0.05, 0) is 53.4 Å². The number of methoxy groups -OCH3 is 2. The second kappa shape index (κ2) is 7.66. The lowest BCUT2D eigenvalue weighted by molar-refractivity contribution is 0.157. The summed E-state index contributed by atoms with van der Waals surface area (Å²) < 4.78 is 18.2. The van der Waals surface area contributed by atoms with Crippen LogP contribution in [-0.2, 0) is 15.9 Å². The highest BCUT2D eigenvalue weighted by Gasteiger charge is 2.32. The average Bonchev–Trinajstić information content (AvgIpc) is 2.62. The van der Waals surface area contributed by atoms with Gasteiger partial charge in [0, 0.05) is 12.0 Å². The van der Waals surface area contributed by atoms with Crippen molar-refractivity contribution in [2.45, 2.75) is 51.8 Å². The summed E-state index contributed by atoms with van der Waals surface area (Å²) in [6.07, 6.45) is 4.87. The maximum atomic E-state index is 6.17. The first kappa shape index (κ1) is 19.9. The second-order valence-electron chi connectivity index (χ2n) is 7.74. The van der Waals surface area contributed by atoms with Gasteiger partial charge >= 0.3 is 0 Å². The molecule has 2 heterocycles. The lowest BCUT2D eigenvalue weighted by atomic mass is 9.94. The average molecular weight is 435 g/mol. The van der Waals surface area contributed by atoms with Crippen molar-refractivity contribution in [1.29, 1.82) is 0 Å². The van der Waals surface area contributed by atoms with Gasteiger partial charge in [-0.2, -0.15) is 0 Å². The Morgan fingerprint density at radius 2 is 1.85 bits per heavy atom. The Balaban J connectivity index is 1.96. The highest BCUT2D eigenvalue weighted by molar-refractivity contribution is 9.10. The van der Waals surface area contributed by atoms with Crippen molar-refractivity contribution in [1.82, 2.24) is 0 Å². The summed E-state index contributed by atoms with van der Waals surface area (Å²) in [6.45, 7) is 8.30. The zero-order valence-corrected chi connectivity index (χ0v) is 18.3. The Bertz CT molecular complexity index is 812.